The molecule has 1 saturated carbocycles. The van der Waals surface area contributed by atoms with Crippen LogP contribution in [0.2, 0.25) is 0 Å². The molecule has 0 unspecified atom stereocenters. The van der Waals surface area contributed by atoms with E-state index in [0.29, 0.717) is 0 Å². The molecule has 0 atom stereocenters. The third kappa shape index (κ3) is 3.15. The first-order chi connectivity index (χ1) is 9.67. The molecular weight excluding hydrogens is 242 g/mol. The van der Waals surface area contributed by atoms with Crippen LogP contribution in [0.1, 0.15) is 57.1 Å². The van der Waals surface area contributed by atoms with Crippen molar-refractivity contribution in [3.63, 3.8) is 0 Å². The highest BCUT2D eigenvalue weighted by molar-refractivity contribution is 5.64. The highest BCUT2D eigenvalue weighted by atomic mass is 15.2. The number of hydrogen-bond acceptors (Lipinski definition) is 1. The largest absolute Gasteiger partial charge is 0.300 e. The van der Waals surface area contributed by atoms with Crippen LogP contribution >= 0.6 is 0 Å². The monoisotopic (exact) mass is 269 g/mol. The molecule has 1 nitrogen and oxygen atoms in total. The summed E-state index contributed by atoms with van der Waals surface area (Å²) in [5.74, 6) is 0. The van der Waals surface area contributed by atoms with Crippen molar-refractivity contribution in [3.05, 3.63) is 41.5 Å². The summed E-state index contributed by atoms with van der Waals surface area (Å²) in [7, 11) is 0. The van der Waals surface area contributed by atoms with Gasteiger partial charge in [0, 0.05) is 11.5 Å². The maximum absolute atomic E-state index is 2.67. The Balaban J connectivity index is 0.000000123. The standard InChI is InChI=1S/C11H12.C8H15N/c1-11(2)8-7-9-5-3-4-6-10(9)11;1-2-6-9(7-3-1)8-4-5-8/h3-8H,1-2H3;8H,1-7H2. The number of fused-ring (bicyclic) bond motifs is 1. The van der Waals surface area contributed by atoms with Crippen molar-refractivity contribution >= 4 is 6.08 Å². The van der Waals surface area contributed by atoms with E-state index in [1.807, 2.05) is 0 Å². The second-order valence-corrected chi connectivity index (χ2v) is 6.97. The van der Waals surface area contributed by atoms with E-state index in [1.165, 1.54) is 56.3 Å². The van der Waals surface area contributed by atoms with E-state index in [0.717, 1.165) is 6.04 Å². The van der Waals surface area contributed by atoms with Crippen LogP contribution in [-0.2, 0) is 5.41 Å². The fourth-order valence-electron chi connectivity index (χ4n) is 3.34. The van der Waals surface area contributed by atoms with Crippen molar-refractivity contribution in [3.8, 4) is 0 Å². The van der Waals surface area contributed by atoms with Gasteiger partial charge in [-0.05, 0) is 49.9 Å². The number of nitrogens with zero attached hydrogens (tertiary/aromatic N) is 1. The molecule has 0 spiro atoms. The molecule has 0 radical (unpaired) electrons. The van der Waals surface area contributed by atoms with Gasteiger partial charge in [-0.2, -0.15) is 0 Å². The van der Waals surface area contributed by atoms with Crippen molar-refractivity contribution < 1.29 is 0 Å². The van der Waals surface area contributed by atoms with Gasteiger partial charge in [0.05, 0.1) is 0 Å². The van der Waals surface area contributed by atoms with Crippen LogP contribution < -0.4 is 0 Å². The van der Waals surface area contributed by atoms with Gasteiger partial charge in [-0.3, -0.25) is 0 Å². The average Bonchev–Trinajstić information content (AvgIpc) is 3.28. The van der Waals surface area contributed by atoms with E-state index in [2.05, 4.69) is 55.2 Å². The summed E-state index contributed by atoms with van der Waals surface area (Å²) in [6.07, 6.45) is 11.8. The van der Waals surface area contributed by atoms with Gasteiger partial charge in [0.25, 0.3) is 0 Å². The minimum absolute atomic E-state index is 0.247. The fourth-order valence-corrected chi connectivity index (χ4v) is 3.34. The van der Waals surface area contributed by atoms with Gasteiger partial charge in [-0.1, -0.05) is 56.7 Å². The molecule has 1 aromatic rings. The second-order valence-electron chi connectivity index (χ2n) is 6.97. The number of allylic oxidation sites excluding steroid dienone is 1. The minimum Gasteiger partial charge on any atom is -0.300 e. The Hall–Kier alpha value is -1.08. The van der Waals surface area contributed by atoms with Gasteiger partial charge < -0.3 is 4.90 Å². The van der Waals surface area contributed by atoms with E-state index >= 15 is 0 Å². The summed E-state index contributed by atoms with van der Waals surface area (Å²) in [5, 5.41) is 0. The van der Waals surface area contributed by atoms with Gasteiger partial charge in [0.15, 0.2) is 0 Å². The van der Waals surface area contributed by atoms with Crippen molar-refractivity contribution in [2.75, 3.05) is 13.1 Å². The molecule has 4 rings (SSSR count). The zero-order valence-corrected chi connectivity index (χ0v) is 12.9. The molecule has 1 heterocycles. The highest BCUT2D eigenvalue weighted by Crippen LogP contribution is 2.34. The van der Waals surface area contributed by atoms with Gasteiger partial charge in [0.1, 0.15) is 0 Å². The first-order valence-electron chi connectivity index (χ1n) is 8.20. The second kappa shape index (κ2) is 5.73. The molecule has 2 fully saturated rings. The molecule has 0 amide bonds. The lowest BCUT2D eigenvalue weighted by atomic mass is 9.87. The van der Waals surface area contributed by atoms with E-state index in [1.54, 1.807) is 0 Å². The Morgan fingerprint density at radius 2 is 1.70 bits per heavy atom. The summed E-state index contributed by atoms with van der Waals surface area (Å²) in [4.78, 5) is 2.67. The van der Waals surface area contributed by atoms with Crippen LogP contribution in [0.25, 0.3) is 6.08 Å². The van der Waals surface area contributed by atoms with Gasteiger partial charge in [-0.25, -0.2) is 0 Å². The number of piperidine rings is 1. The van der Waals surface area contributed by atoms with Crippen molar-refractivity contribution in [2.45, 2.75) is 57.4 Å². The highest BCUT2D eigenvalue weighted by Gasteiger charge is 2.29. The quantitative estimate of drug-likeness (QED) is 0.718. The van der Waals surface area contributed by atoms with E-state index < -0.39 is 0 Å². The lowest BCUT2D eigenvalue weighted by Gasteiger charge is -2.25. The van der Waals surface area contributed by atoms with E-state index in [9.17, 15) is 0 Å². The molecular formula is C19H27N. The maximum atomic E-state index is 2.67. The molecule has 1 aromatic carbocycles. The van der Waals surface area contributed by atoms with E-state index in [4.69, 9.17) is 0 Å². The van der Waals surface area contributed by atoms with Crippen LogP contribution in [0.3, 0.4) is 0 Å². The van der Waals surface area contributed by atoms with Crippen LogP contribution in [0.15, 0.2) is 30.3 Å². The van der Waals surface area contributed by atoms with Gasteiger partial charge in [0.2, 0.25) is 0 Å². The van der Waals surface area contributed by atoms with Crippen molar-refractivity contribution in [1.82, 2.24) is 4.90 Å². The smallest absolute Gasteiger partial charge is 0.00964 e. The van der Waals surface area contributed by atoms with Crippen LogP contribution in [0.4, 0.5) is 0 Å². The Labute approximate surface area is 123 Å². The Bertz CT molecular complexity index is 476. The van der Waals surface area contributed by atoms with Crippen LogP contribution in [0, 0.1) is 0 Å². The SMILES string of the molecule is C1CCN(C2CC2)CC1.CC1(C)C=Cc2ccccc21. The average molecular weight is 269 g/mol. The predicted octanol–water partition coefficient (Wildman–Crippen LogP) is 4.63. The molecule has 3 aliphatic rings. The van der Waals surface area contributed by atoms with Crippen molar-refractivity contribution in [2.24, 2.45) is 0 Å². The molecule has 2 aliphatic carbocycles. The molecule has 108 valence electrons. The van der Waals surface area contributed by atoms with Gasteiger partial charge in [-0.15, -0.1) is 0 Å². The Kier molecular flexibility index (Phi) is 3.98. The minimum atomic E-state index is 0.247. The van der Waals surface area contributed by atoms with Crippen LogP contribution in [0.5, 0.6) is 0 Å². The predicted molar refractivity (Wildman–Crippen MR) is 86.9 cm³/mol. The molecule has 1 heteroatoms. The summed E-state index contributed by atoms with van der Waals surface area (Å²) in [6.45, 7) is 7.28. The maximum Gasteiger partial charge on any atom is 0.00964 e. The lowest BCUT2D eigenvalue weighted by Crippen LogP contribution is -2.31. The summed E-state index contributed by atoms with van der Waals surface area (Å²) < 4.78 is 0. The lowest BCUT2D eigenvalue weighted by molar-refractivity contribution is 0.219. The molecule has 1 saturated heterocycles. The number of rotatable bonds is 1. The first kappa shape index (κ1) is 13.9. The summed E-state index contributed by atoms with van der Waals surface area (Å²) in [5.41, 5.74) is 3.06. The zero-order chi connectivity index (χ0) is 14.0. The number of hydrogen-bond donors (Lipinski definition) is 0. The van der Waals surface area contributed by atoms with Crippen LogP contribution in [-0.4, -0.2) is 24.0 Å². The normalized spacial score (nSPS) is 23.9. The summed E-state index contributed by atoms with van der Waals surface area (Å²) >= 11 is 0. The topological polar surface area (TPSA) is 3.24 Å². The summed E-state index contributed by atoms with van der Waals surface area (Å²) in [6, 6.07) is 9.58. The van der Waals surface area contributed by atoms with E-state index in [-0.39, 0.29) is 5.41 Å². The Morgan fingerprint density at radius 1 is 1.00 bits per heavy atom. The molecule has 0 N–H and O–H groups in total. The number of benzene rings is 1. The molecule has 20 heavy (non-hydrogen) atoms. The molecule has 0 bridgehead atoms. The molecule has 0 aromatic heterocycles. The molecule has 1 aliphatic heterocycles. The first-order valence-corrected chi connectivity index (χ1v) is 8.20. The van der Waals surface area contributed by atoms with Crippen molar-refractivity contribution in [1.29, 1.82) is 0 Å². The zero-order valence-electron chi connectivity index (χ0n) is 12.9. The third-order valence-electron chi connectivity index (χ3n) is 4.79. The number of likely N-dealkylation sites (tertiary alicyclic amines) is 1. The fraction of sp³-hybridized carbons (Fsp3) is 0.579. The van der Waals surface area contributed by atoms with Gasteiger partial charge >= 0.3 is 0 Å². The third-order valence-corrected chi connectivity index (χ3v) is 4.79. The Morgan fingerprint density at radius 3 is 2.35 bits per heavy atom.